The summed E-state index contributed by atoms with van der Waals surface area (Å²) in [5, 5.41) is 11.0. The zero-order valence-corrected chi connectivity index (χ0v) is 15.7. The summed E-state index contributed by atoms with van der Waals surface area (Å²) in [6.45, 7) is 3.97. The molecule has 9 heteroatoms. The Morgan fingerprint density at radius 1 is 1.48 bits per heavy atom. The molecule has 3 rings (SSSR count). The summed E-state index contributed by atoms with van der Waals surface area (Å²) in [5.41, 5.74) is 0. The fourth-order valence-electron chi connectivity index (χ4n) is 2.91. The average molecular weight is 382 g/mol. The Balaban J connectivity index is 0.00000132. The number of hydrogen-bond donors (Lipinski definition) is 2. The Labute approximate surface area is 153 Å². The van der Waals surface area contributed by atoms with Crippen molar-refractivity contribution in [1.29, 1.82) is 0 Å². The van der Waals surface area contributed by atoms with Crippen LogP contribution in [0.1, 0.15) is 43.9 Å². The van der Waals surface area contributed by atoms with E-state index < -0.39 is 0 Å². The number of carbonyl (C=O) groups is 1. The third-order valence-electron chi connectivity index (χ3n) is 4.00. The second-order valence-electron chi connectivity index (χ2n) is 5.66. The molecule has 23 heavy (non-hydrogen) atoms. The first-order valence-corrected chi connectivity index (χ1v) is 8.96. The number of thioether (sulfide) groups is 1. The molecule has 0 aromatic carbocycles. The summed E-state index contributed by atoms with van der Waals surface area (Å²) < 4.78 is 1.96. The lowest BCUT2D eigenvalue weighted by molar-refractivity contribution is -0.122. The van der Waals surface area contributed by atoms with Gasteiger partial charge in [-0.05, 0) is 12.8 Å². The number of rotatable bonds is 4. The molecule has 1 amide bonds. The molecule has 0 saturated carbocycles. The fourth-order valence-corrected chi connectivity index (χ4v) is 3.86. The van der Waals surface area contributed by atoms with Crippen molar-refractivity contribution in [1.82, 2.24) is 25.4 Å². The number of carbonyl (C=O) groups excluding carboxylic acids is 1. The lowest BCUT2D eigenvalue weighted by atomic mass is 10.1. The molecular weight excluding hydrogens is 357 g/mol. The van der Waals surface area contributed by atoms with Gasteiger partial charge in [0.05, 0.1) is 6.04 Å². The minimum atomic E-state index is 0. The highest BCUT2D eigenvalue weighted by Crippen LogP contribution is 2.23. The van der Waals surface area contributed by atoms with E-state index in [1.165, 1.54) is 0 Å². The minimum absolute atomic E-state index is 0. The first kappa shape index (κ1) is 20.5. The second-order valence-corrected chi connectivity index (χ2v) is 6.81. The first-order valence-electron chi connectivity index (χ1n) is 7.80. The molecule has 1 saturated heterocycles. The van der Waals surface area contributed by atoms with E-state index in [-0.39, 0.29) is 36.8 Å². The van der Waals surface area contributed by atoms with Crippen LogP contribution >= 0.6 is 36.6 Å². The molecule has 2 atom stereocenters. The molecule has 0 bridgehead atoms. The van der Waals surface area contributed by atoms with Crippen LogP contribution in [-0.4, -0.2) is 44.8 Å². The van der Waals surface area contributed by atoms with E-state index >= 15 is 0 Å². The monoisotopic (exact) mass is 381 g/mol. The number of nitrogens with one attached hydrogen (secondary N) is 2. The standard InChI is InChI=1S/C14H23N5OS.2ClH/c1-2-12-17-14-11(4-3-6-19(14)18-12)16-13(20)8-10-9-21-7-5-15-10;;/h10-11,15H,2-9H2,1H3,(H,16,20);2*1H. The minimum Gasteiger partial charge on any atom is -0.346 e. The SMILES string of the molecule is CCc1nc2n(n1)CCCC2NC(=O)CC1CSCCN1.Cl.Cl. The van der Waals surface area contributed by atoms with E-state index in [9.17, 15) is 4.79 Å². The van der Waals surface area contributed by atoms with Crippen LogP contribution in [0.15, 0.2) is 0 Å². The van der Waals surface area contributed by atoms with E-state index in [0.29, 0.717) is 12.5 Å². The predicted molar refractivity (Wildman–Crippen MR) is 97.7 cm³/mol. The molecule has 2 N–H and O–H groups in total. The largest absolute Gasteiger partial charge is 0.346 e. The van der Waals surface area contributed by atoms with Crippen molar-refractivity contribution in [3.63, 3.8) is 0 Å². The topological polar surface area (TPSA) is 71.8 Å². The van der Waals surface area contributed by atoms with Gasteiger partial charge in [-0.2, -0.15) is 16.9 Å². The summed E-state index contributed by atoms with van der Waals surface area (Å²) in [6.07, 6.45) is 3.39. The molecule has 3 heterocycles. The molecule has 2 aliphatic heterocycles. The molecule has 2 unspecified atom stereocenters. The van der Waals surface area contributed by atoms with Crippen LogP contribution in [0.5, 0.6) is 0 Å². The Bertz CT molecular complexity index is 507. The van der Waals surface area contributed by atoms with Crippen molar-refractivity contribution in [3.05, 3.63) is 11.6 Å². The molecule has 132 valence electrons. The highest BCUT2D eigenvalue weighted by Gasteiger charge is 2.26. The van der Waals surface area contributed by atoms with Gasteiger partial charge in [-0.1, -0.05) is 6.92 Å². The van der Waals surface area contributed by atoms with Crippen LogP contribution in [0, 0.1) is 0 Å². The quantitative estimate of drug-likeness (QED) is 0.830. The van der Waals surface area contributed by atoms with Crippen LogP contribution in [-0.2, 0) is 17.8 Å². The van der Waals surface area contributed by atoms with Gasteiger partial charge < -0.3 is 10.6 Å². The number of amides is 1. The van der Waals surface area contributed by atoms with Gasteiger partial charge >= 0.3 is 0 Å². The molecule has 0 radical (unpaired) electrons. The van der Waals surface area contributed by atoms with Gasteiger partial charge in [-0.25, -0.2) is 9.67 Å². The lowest BCUT2D eigenvalue weighted by Crippen LogP contribution is -2.42. The van der Waals surface area contributed by atoms with Crippen LogP contribution in [0.3, 0.4) is 0 Å². The van der Waals surface area contributed by atoms with Gasteiger partial charge in [0.2, 0.25) is 5.91 Å². The maximum absolute atomic E-state index is 12.2. The third-order valence-corrected chi connectivity index (χ3v) is 5.13. The van der Waals surface area contributed by atoms with Crippen LogP contribution < -0.4 is 10.6 Å². The second kappa shape index (κ2) is 9.71. The van der Waals surface area contributed by atoms with E-state index in [1.807, 2.05) is 16.4 Å². The normalized spacial score (nSPS) is 23.2. The maximum Gasteiger partial charge on any atom is 0.222 e. The van der Waals surface area contributed by atoms with E-state index in [1.54, 1.807) is 0 Å². The summed E-state index contributed by atoms with van der Waals surface area (Å²) in [4.78, 5) is 16.8. The summed E-state index contributed by atoms with van der Waals surface area (Å²) in [7, 11) is 0. The molecule has 2 aliphatic rings. The van der Waals surface area contributed by atoms with Gasteiger partial charge in [-0.15, -0.1) is 24.8 Å². The zero-order chi connectivity index (χ0) is 14.7. The number of hydrogen-bond acceptors (Lipinski definition) is 5. The van der Waals surface area contributed by atoms with Gasteiger partial charge in [0.1, 0.15) is 5.82 Å². The van der Waals surface area contributed by atoms with Gasteiger partial charge in [0, 0.05) is 43.5 Å². The Morgan fingerprint density at radius 2 is 2.30 bits per heavy atom. The summed E-state index contributed by atoms with van der Waals surface area (Å²) in [6, 6.07) is 0.326. The highest BCUT2D eigenvalue weighted by molar-refractivity contribution is 7.99. The molecule has 1 fully saturated rings. The van der Waals surface area contributed by atoms with E-state index in [4.69, 9.17) is 0 Å². The fraction of sp³-hybridized carbons (Fsp3) is 0.786. The Morgan fingerprint density at radius 3 is 3.00 bits per heavy atom. The maximum atomic E-state index is 12.2. The van der Waals surface area contributed by atoms with Crippen LogP contribution in [0.4, 0.5) is 0 Å². The third kappa shape index (κ3) is 5.24. The molecule has 0 spiro atoms. The van der Waals surface area contributed by atoms with E-state index in [2.05, 4.69) is 27.6 Å². The molecule has 1 aromatic heterocycles. The first-order chi connectivity index (χ1) is 10.3. The highest BCUT2D eigenvalue weighted by atomic mass is 35.5. The van der Waals surface area contributed by atoms with Gasteiger partial charge in [0.25, 0.3) is 0 Å². The summed E-state index contributed by atoms with van der Waals surface area (Å²) in [5.74, 6) is 4.08. The number of nitrogens with zero attached hydrogens (tertiary/aromatic N) is 3. The smallest absolute Gasteiger partial charge is 0.222 e. The van der Waals surface area contributed by atoms with Gasteiger partial charge in [0.15, 0.2) is 5.82 Å². The van der Waals surface area contributed by atoms with Gasteiger partial charge in [-0.3, -0.25) is 4.79 Å². The van der Waals surface area contributed by atoms with Crippen molar-refractivity contribution in [3.8, 4) is 0 Å². The number of aromatic nitrogens is 3. The van der Waals surface area contributed by atoms with Crippen LogP contribution in [0.25, 0.3) is 0 Å². The molecule has 1 aromatic rings. The average Bonchev–Trinajstić information content (AvgIpc) is 2.92. The Kier molecular flexibility index (Phi) is 8.68. The zero-order valence-electron chi connectivity index (χ0n) is 13.3. The number of fused-ring (bicyclic) bond motifs is 1. The number of halogens is 2. The van der Waals surface area contributed by atoms with Crippen molar-refractivity contribution in [2.75, 3.05) is 18.1 Å². The van der Waals surface area contributed by atoms with Crippen molar-refractivity contribution >= 4 is 42.5 Å². The molecule has 6 nitrogen and oxygen atoms in total. The number of aryl methyl sites for hydroxylation is 2. The molecule has 0 aliphatic carbocycles. The van der Waals surface area contributed by atoms with Crippen LogP contribution in [0.2, 0.25) is 0 Å². The lowest BCUT2D eigenvalue weighted by Gasteiger charge is -2.26. The summed E-state index contributed by atoms with van der Waals surface area (Å²) >= 11 is 1.92. The van der Waals surface area contributed by atoms with Crippen molar-refractivity contribution in [2.24, 2.45) is 0 Å². The predicted octanol–water partition coefficient (Wildman–Crippen LogP) is 1.73. The Hall–Kier alpha value is -0.500. The molecular formula is C14H25Cl2N5OS. The van der Waals surface area contributed by atoms with Crippen molar-refractivity contribution in [2.45, 2.75) is 51.2 Å². The van der Waals surface area contributed by atoms with Crippen molar-refractivity contribution < 1.29 is 4.79 Å². The van der Waals surface area contributed by atoms with E-state index in [0.717, 1.165) is 55.5 Å².